The zero-order valence-corrected chi connectivity index (χ0v) is 20.5. The highest BCUT2D eigenvalue weighted by atomic mass is 35.5. The number of urea groups is 1. The largest absolute Gasteiger partial charge is 0.417 e. The third-order valence-corrected chi connectivity index (χ3v) is 5.44. The van der Waals surface area contributed by atoms with Crippen molar-refractivity contribution in [3.8, 4) is 0 Å². The quantitative estimate of drug-likeness (QED) is 0.228. The minimum atomic E-state index is -4.64. The molecule has 3 aromatic heterocycles. The number of aromatic nitrogens is 5. The van der Waals surface area contributed by atoms with Gasteiger partial charge < -0.3 is 10.6 Å². The molecule has 192 valence electrons. The van der Waals surface area contributed by atoms with Crippen LogP contribution in [0.3, 0.4) is 0 Å². The molecule has 9 nitrogen and oxygen atoms in total. The van der Waals surface area contributed by atoms with Crippen LogP contribution in [0.25, 0.3) is 0 Å². The molecule has 37 heavy (non-hydrogen) atoms. The molecule has 0 spiro atoms. The molecule has 0 bridgehead atoms. The fraction of sp³-hybridized carbons (Fsp3) is 0.208. The monoisotopic (exact) mass is 530 g/mol. The summed E-state index contributed by atoms with van der Waals surface area (Å²) < 4.78 is 39.1. The highest BCUT2D eigenvalue weighted by Gasteiger charge is 2.33. The van der Waals surface area contributed by atoms with Crippen molar-refractivity contribution in [3.63, 3.8) is 0 Å². The smallest absolute Gasteiger partial charge is 0.325 e. The molecule has 0 fully saturated rings. The lowest BCUT2D eigenvalue weighted by Gasteiger charge is -2.12. The van der Waals surface area contributed by atoms with Crippen molar-refractivity contribution in [2.75, 3.05) is 16.0 Å². The van der Waals surface area contributed by atoms with Crippen LogP contribution in [0.15, 0.2) is 48.7 Å². The standard InChI is InChI=1S/C24H22ClF3N8O/c1-3-15-11-22(36-35-15)33-20-8-13(2)30-21(32-20)9-14-4-7-19(29-12-14)34-23(37)31-16-5-6-18(25)17(10-16)24(26,27)28/h4-8,10-12H,3,9H2,1-2H3,(H2,29,31,34,37)(H2,30,32,33,35,36). The number of anilines is 4. The Hall–Kier alpha value is -4.19. The van der Waals surface area contributed by atoms with E-state index in [0.29, 0.717) is 18.1 Å². The van der Waals surface area contributed by atoms with E-state index in [9.17, 15) is 18.0 Å². The maximum Gasteiger partial charge on any atom is 0.417 e. The first kappa shape index (κ1) is 25.9. The molecular formula is C24H22ClF3N8O. The van der Waals surface area contributed by atoms with E-state index in [2.05, 4.69) is 41.1 Å². The fourth-order valence-electron chi connectivity index (χ4n) is 3.40. The Bertz CT molecular complexity index is 1410. The number of hydrogen-bond acceptors (Lipinski definition) is 6. The molecule has 3 heterocycles. The molecule has 0 atom stereocenters. The van der Waals surface area contributed by atoms with Crippen LogP contribution in [-0.2, 0) is 19.0 Å². The average molecular weight is 531 g/mol. The van der Waals surface area contributed by atoms with Crippen LogP contribution in [0.1, 0.15) is 35.3 Å². The topological polar surface area (TPSA) is 121 Å². The van der Waals surface area contributed by atoms with Gasteiger partial charge in [0.1, 0.15) is 23.3 Å². The van der Waals surface area contributed by atoms with E-state index in [1.807, 2.05) is 26.0 Å². The number of aryl methyl sites for hydroxylation is 2. The summed E-state index contributed by atoms with van der Waals surface area (Å²) in [6, 6.07) is 9.39. The Labute approximate surface area is 214 Å². The van der Waals surface area contributed by atoms with Gasteiger partial charge in [-0.3, -0.25) is 10.4 Å². The second-order valence-corrected chi connectivity index (χ2v) is 8.47. The predicted molar refractivity (Wildman–Crippen MR) is 134 cm³/mol. The van der Waals surface area contributed by atoms with Gasteiger partial charge in [0.2, 0.25) is 0 Å². The molecule has 13 heteroatoms. The van der Waals surface area contributed by atoms with Crippen LogP contribution in [-0.4, -0.2) is 31.2 Å². The lowest BCUT2D eigenvalue weighted by Crippen LogP contribution is -2.20. The van der Waals surface area contributed by atoms with Crippen molar-refractivity contribution in [1.29, 1.82) is 0 Å². The molecule has 4 N–H and O–H groups in total. The Morgan fingerprint density at radius 2 is 1.86 bits per heavy atom. The number of aromatic amines is 1. The number of hydrogen-bond donors (Lipinski definition) is 4. The molecule has 0 saturated heterocycles. The van der Waals surface area contributed by atoms with Gasteiger partial charge in [0.05, 0.1) is 16.3 Å². The van der Waals surface area contributed by atoms with Gasteiger partial charge in [-0.1, -0.05) is 24.6 Å². The van der Waals surface area contributed by atoms with E-state index in [0.717, 1.165) is 41.3 Å². The SMILES string of the molecule is CCc1cc(Nc2cc(C)nc(Cc3ccc(NC(=O)Nc4ccc(Cl)c(C(F)(F)F)c4)nc3)n2)[nH]n1. The zero-order chi connectivity index (χ0) is 26.6. The Morgan fingerprint density at radius 3 is 2.54 bits per heavy atom. The third-order valence-electron chi connectivity index (χ3n) is 5.11. The molecule has 0 aliphatic heterocycles. The van der Waals surface area contributed by atoms with Crippen molar-refractivity contribution in [1.82, 2.24) is 25.1 Å². The van der Waals surface area contributed by atoms with E-state index < -0.39 is 22.8 Å². The van der Waals surface area contributed by atoms with Crippen LogP contribution in [0.2, 0.25) is 5.02 Å². The van der Waals surface area contributed by atoms with Crippen molar-refractivity contribution >= 4 is 40.8 Å². The second kappa shape index (κ2) is 10.8. The van der Waals surface area contributed by atoms with Crippen LogP contribution in [0, 0.1) is 6.92 Å². The van der Waals surface area contributed by atoms with Crippen molar-refractivity contribution in [3.05, 3.63) is 82.0 Å². The van der Waals surface area contributed by atoms with E-state index >= 15 is 0 Å². The first-order valence-electron chi connectivity index (χ1n) is 11.1. The second-order valence-electron chi connectivity index (χ2n) is 8.06. The van der Waals surface area contributed by atoms with Crippen LogP contribution in [0.5, 0.6) is 0 Å². The Balaban J connectivity index is 1.38. The summed E-state index contributed by atoms with van der Waals surface area (Å²) in [6.07, 6.45) is -1.88. The molecule has 0 radical (unpaired) electrons. The number of nitrogens with zero attached hydrogens (tertiary/aromatic N) is 4. The summed E-state index contributed by atoms with van der Waals surface area (Å²) in [4.78, 5) is 25.4. The molecule has 0 aliphatic rings. The van der Waals surface area contributed by atoms with Crippen molar-refractivity contribution in [2.45, 2.75) is 32.9 Å². The van der Waals surface area contributed by atoms with Crippen LogP contribution in [0.4, 0.5) is 41.1 Å². The van der Waals surface area contributed by atoms with Gasteiger partial charge in [-0.2, -0.15) is 18.3 Å². The summed E-state index contributed by atoms with van der Waals surface area (Å²) in [5.41, 5.74) is 1.40. The van der Waals surface area contributed by atoms with Gasteiger partial charge in [0.25, 0.3) is 0 Å². The summed E-state index contributed by atoms with van der Waals surface area (Å²) in [6.45, 7) is 3.88. The number of amides is 2. The van der Waals surface area contributed by atoms with Crippen molar-refractivity contribution in [2.24, 2.45) is 0 Å². The van der Waals surface area contributed by atoms with Crippen LogP contribution >= 0.6 is 11.6 Å². The number of nitrogens with one attached hydrogen (secondary N) is 4. The molecular weight excluding hydrogens is 509 g/mol. The molecule has 4 rings (SSSR count). The van der Waals surface area contributed by atoms with E-state index in [-0.39, 0.29) is 11.5 Å². The maximum atomic E-state index is 13.0. The van der Waals surface area contributed by atoms with Crippen molar-refractivity contribution < 1.29 is 18.0 Å². The number of H-pyrrole nitrogens is 1. The number of rotatable bonds is 7. The van der Waals surface area contributed by atoms with Gasteiger partial charge in [0.15, 0.2) is 0 Å². The van der Waals surface area contributed by atoms with Gasteiger partial charge in [-0.25, -0.2) is 19.7 Å². The number of carbonyl (C=O) groups is 1. The molecule has 2 amide bonds. The van der Waals surface area contributed by atoms with E-state index in [1.54, 1.807) is 18.3 Å². The lowest BCUT2D eigenvalue weighted by atomic mass is 10.2. The number of alkyl halides is 3. The normalized spacial score (nSPS) is 11.3. The molecule has 0 aliphatic carbocycles. The summed E-state index contributed by atoms with van der Waals surface area (Å²) >= 11 is 5.61. The molecule has 0 saturated carbocycles. The molecule has 1 aromatic carbocycles. The lowest BCUT2D eigenvalue weighted by molar-refractivity contribution is -0.137. The van der Waals surface area contributed by atoms with Gasteiger partial charge in [-0.05, 0) is 43.2 Å². The number of halogens is 4. The van der Waals surface area contributed by atoms with Gasteiger partial charge in [0, 0.05) is 36.1 Å². The Kier molecular flexibility index (Phi) is 7.58. The summed E-state index contributed by atoms with van der Waals surface area (Å²) in [5, 5.41) is 14.7. The first-order chi connectivity index (χ1) is 17.6. The van der Waals surface area contributed by atoms with Crippen LogP contribution < -0.4 is 16.0 Å². The minimum Gasteiger partial charge on any atom is -0.325 e. The highest BCUT2D eigenvalue weighted by Crippen LogP contribution is 2.36. The van der Waals surface area contributed by atoms with E-state index in [4.69, 9.17) is 11.6 Å². The van der Waals surface area contributed by atoms with Gasteiger partial charge in [-0.15, -0.1) is 0 Å². The number of benzene rings is 1. The predicted octanol–water partition coefficient (Wildman–Crippen LogP) is 6.12. The number of carbonyl (C=O) groups excluding carboxylic acids is 1. The summed E-state index contributed by atoms with van der Waals surface area (Å²) in [7, 11) is 0. The number of pyridine rings is 1. The first-order valence-corrected chi connectivity index (χ1v) is 11.5. The average Bonchev–Trinajstić information content (AvgIpc) is 3.28. The summed E-state index contributed by atoms with van der Waals surface area (Å²) in [5.74, 6) is 2.13. The van der Waals surface area contributed by atoms with E-state index in [1.165, 1.54) is 6.07 Å². The zero-order valence-electron chi connectivity index (χ0n) is 19.7. The third kappa shape index (κ3) is 6.94. The Morgan fingerprint density at radius 1 is 1.05 bits per heavy atom. The minimum absolute atomic E-state index is 0.0621. The molecule has 0 unspecified atom stereocenters. The molecule has 4 aromatic rings. The maximum absolute atomic E-state index is 13.0. The van der Waals surface area contributed by atoms with Gasteiger partial charge >= 0.3 is 12.2 Å². The fourth-order valence-corrected chi connectivity index (χ4v) is 3.63. The highest BCUT2D eigenvalue weighted by molar-refractivity contribution is 6.31.